The van der Waals surface area contributed by atoms with Gasteiger partial charge in [0, 0.05) is 23.4 Å². The molecule has 0 saturated carbocycles. The fourth-order valence-electron chi connectivity index (χ4n) is 7.11. The lowest BCUT2D eigenvalue weighted by molar-refractivity contribution is -0.148. The van der Waals surface area contributed by atoms with Crippen molar-refractivity contribution in [3.8, 4) is 0 Å². The van der Waals surface area contributed by atoms with Gasteiger partial charge in [-0.15, -0.1) is 0 Å². The lowest BCUT2D eigenvalue weighted by Crippen LogP contribution is -2.67. The Labute approximate surface area is 465 Å². The molecule has 82 heavy (non-hydrogen) atoms. The third kappa shape index (κ3) is 19.4. The number of aromatic amines is 1. The lowest BCUT2D eigenvalue weighted by atomic mass is 9.96. The van der Waals surface area contributed by atoms with Crippen LogP contribution in [0, 0.1) is 0 Å². The van der Waals surface area contributed by atoms with Crippen molar-refractivity contribution in [3.05, 3.63) is 52.1 Å². The predicted octanol–water partition coefficient (Wildman–Crippen LogP) is -12.0. The number of anilines is 2. The largest absolute Gasteiger partial charge is 0.481 e. The summed E-state index contributed by atoms with van der Waals surface area (Å²) in [6, 6.07) is -9.05. The van der Waals surface area contributed by atoms with Gasteiger partial charge in [-0.1, -0.05) is 0 Å². The Morgan fingerprint density at radius 1 is 0.585 bits per heavy atom. The van der Waals surface area contributed by atoms with Gasteiger partial charge in [0.2, 0.25) is 35.5 Å². The summed E-state index contributed by atoms with van der Waals surface area (Å²) in [5, 5.41) is 166. The molecule has 0 aliphatic rings. The van der Waals surface area contributed by atoms with Gasteiger partial charge >= 0.3 is 17.9 Å². The van der Waals surface area contributed by atoms with Crippen molar-refractivity contribution in [2.45, 2.75) is 117 Å². The Morgan fingerprint density at radius 2 is 1.05 bits per heavy atom. The molecule has 1 unspecified atom stereocenters. The highest BCUT2D eigenvalue weighted by molar-refractivity contribution is 7.80. The van der Waals surface area contributed by atoms with Crippen LogP contribution in [0.5, 0.6) is 0 Å². The molecule has 3 rings (SSSR count). The zero-order chi connectivity index (χ0) is 61.9. The van der Waals surface area contributed by atoms with Crippen LogP contribution in [0.15, 0.2) is 35.3 Å². The van der Waals surface area contributed by atoms with Crippen LogP contribution in [0.2, 0.25) is 0 Å². The van der Waals surface area contributed by atoms with E-state index >= 15 is 0 Å². The zero-order valence-corrected chi connectivity index (χ0v) is 43.3. The molecular weight excluding hydrogens is 1130 g/mol. The number of aromatic nitrogens is 4. The average molecular weight is 1190 g/mol. The van der Waals surface area contributed by atoms with Crippen LogP contribution < -0.4 is 48.5 Å². The average Bonchev–Trinajstić information content (AvgIpc) is 3.62. The molecule has 2 aromatic heterocycles. The number of hydrogen-bond acceptors (Lipinski definition) is 28. The van der Waals surface area contributed by atoms with Crippen LogP contribution in [0.4, 0.5) is 11.6 Å². The number of hydrogen-bond donors (Lipinski definition) is 25. The van der Waals surface area contributed by atoms with Crippen LogP contribution in [-0.2, 0) is 44.9 Å². The SMILES string of the molecule is Nc1nc2ncc(CNc3ccc(C(=O)N[C@@H](CCC(=O)N[C@H](C(=O)N[C@@H](CC(=O)O)C(=O)N[C@H](C(=O)N[C@H](C(=O)N[C@@H](CS)C(=O)O)[C@@H](O)[C@H](O)[C@H](O)CO)[C@@H](O)C(O)[C@H](O)CO)[C@@H](O)[C@H](O)[C@H](O)CO)C(=O)O)cc3)nc2c(=O)[nH]1. The van der Waals surface area contributed by atoms with E-state index in [4.69, 9.17) is 5.73 Å². The van der Waals surface area contributed by atoms with E-state index in [1.54, 1.807) is 21.3 Å². The van der Waals surface area contributed by atoms with Crippen LogP contribution in [-0.4, -0.2) is 267 Å². The first kappa shape index (κ1) is 68.4. The van der Waals surface area contributed by atoms with E-state index in [-0.39, 0.29) is 29.2 Å². The Hall–Kier alpha value is -7.86. The quantitative estimate of drug-likeness (QED) is 0.0247. The molecule has 0 aliphatic carbocycles. The fourth-order valence-corrected chi connectivity index (χ4v) is 7.36. The van der Waals surface area contributed by atoms with Crippen LogP contribution >= 0.6 is 12.6 Å². The summed E-state index contributed by atoms with van der Waals surface area (Å²) in [7, 11) is 0. The third-order valence-electron chi connectivity index (χ3n) is 11.8. The molecule has 6 amide bonds. The van der Waals surface area contributed by atoms with Gasteiger partial charge in [0.05, 0.1) is 44.7 Å². The van der Waals surface area contributed by atoms with Crippen LogP contribution in [0.25, 0.3) is 11.2 Å². The number of thiol groups is 1. The number of H-pyrrole nitrogens is 1. The second kappa shape index (κ2) is 32.0. The molecule has 37 nitrogen and oxygen atoms in total. The number of nitrogen functional groups attached to an aromatic ring is 1. The Bertz CT molecular complexity index is 2780. The molecule has 0 aliphatic heterocycles. The highest BCUT2D eigenvalue weighted by Crippen LogP contribution is 2.15. The van der Waals surface area contributed by atoms with Crippen molar-refractivity contribution in [1.29, 1.82) is 0 Å². The normalized spacial score (nSPS) is 16.9. The van der Waals surface area contributed by atoms with Gasteiger partial charge in [-0.25, -0.2) is 19.6 Å². The van der Waals surface area contributed by atoms with E-state index in [1.165, 1.54) is 30.5 Å². The van der Waals surface area contributed by atoms with Gasteiger partial charge in [0.25, 0.3) is 11.5 Å². The highest BCUT2D eigenvalue weighted by Gasteiger charge is 2.44. The van der Waals surface area contributed by atoms with E-state index in [0.717, 1.165) is 0 Å². The van der Waals surface area contributed by atoms with Gasteiger partial charge < -0.3 is 120 Å². The first-order valence-electron chi connectivity index (χ1n) is 23.9. The molecule has 2 heterocycles. The van der Waals surface area contributed by atoms with Crippen molar-refractivity contribution in [2.75, 3.05) is 36.6 Å². The molecule has 1 aromatic carbocycles. The molecule has 454 valence electrons. The maximum Gasteiger partial charge on any atom is 0.327 e. The van der Waals surface area contributed by atoms with Crippen molar-refractivity contribution >= 4 is 88.8 Å². The molecule has 3 aromatic rings. The number of nitrogens with zero attached hydrogens (tertiary/aromatic N) is 3. The number of rotatable bonds is 34. The van der Waals surface area contributed by atoms with Gasteiger partial charge in [0.15, 0.2) is 11.2 Å². The number of nitrogens with two attached hydrogens (primary N) is 1. The molecular formula is C44H62N12O25S. The van der Waals surface area contributed by atoms with Crippen LogP contribution in [0.1, 0.15) is 35.3 Å². The number of amides is 6. The number of carboxylic acid groups (broad SMARTS) is 3. The first-order chi connectivity index (χ1) is 38.5. The monoisotopic (exact) mass is 1190 g/mol. The standard InChI is InChI=1S/C44H62N12O25S/c45-44-55-35-28(41(77)56-44)48-16(9-47-35)8-46-15-3-1-14(2-4-15)36(72)49-17(42(78)79)5-6-23(63)52-25(32(69)29(66)20(60)10-57)38(74)50-18(7-24(64)65)37(73)53-27(34(71)31(68)22(62)12-59)40(76)54-26(33(70)30(67)21(61)11-58)39(75)51-19(13-82)43(80)81/h1-4,9,17-22,25-27,29-34,46,57-62,66-71,82H,5-8,10-13H2,(H,49,72)(H,50,74)(H,51,75)(H,52,63)(H,53,73)(H,54,76)(H,64,65)(H,78,79)(H,80,81)(H3,45,47,55,56,77)/t17-,18-,19-,20+,21+,22+,25-,26-,27-,29+,30+,31?,32+,33+,34+/m0/s1. The van der Waals surface area contributed by atoms with E-state index in [1.807, 2.05) is 5.32 Å². The molecule has 0 bridgehead atoms. The minimum absolute atomic E-state index is 0.00368. The molecule has 0 fully saturated rings. The van der Waals surface area contributed by atoms with Gasteiger partial charge in [0.1, 0.15) is 91.2 Å². The maximum atomic E-state index is 13.9. The van der Waals surface area contributed by atoms with Gasteiger partial charge in [-0.2, -0.15) is 17.6 Å². The minimum Gasteiger partial charge on any atom is -0.481 e. The molecule has 0 saturated heterocycles. The molecule has 0 spiro atoms. The summed E-state index contributed by atoms with van der Waals surface area (Å²) >= 11 is 3.75. The molecule has 0 radical (unpaired) electrons. The summed E-state index contributed by atoms with van der Waals surface area (Å²) in [6.45, 7) is -3.94. The fraction of sp³-hybridized carbons (Fsp3) is 0.523. The van der Waals surface area contributed by atoms with Gasteiger partial charge in [-0.05, 0) is 30.7 Å². The van der Waals surface area contributed by atoms with E-state index in [0.29, 0.717) is 11.4 Å². The summed E-state index contributed by atoms with van der Waals surface area (Å²) < 4.78 is 0. The number of fused-ring (bicyclic) bond motifs is 1. The number of aliphatic carboxylic acids is 3. The van der Waals surface area contributed by atoms with E-state index in [9.17, 15) is 125 Å². The first-order valence-corrected chi connectivity index (χ1v) is 24.5. The maximum absolute atomic E-state index is 13.9. The Balaban J connectivity index is 1.87. The molecule has 25 N–H and O–H groups in total. The number of nitrogens with one attached hydrogen (secondary N) is 8. The zero-order valence-electron chi connectivity index (χ0n) is 42.4. The predicted molar refractivity (Wildman–Crippen MR) is 273 cm³/mol. The summed E-state index contributed by atoms with van der Waals surface area (Å²) in [6.07, 6.45) is -25.0. The van der Waals surface area contributed by atoms with Crippen molar-refractivity contribution in [1.82, 2.24) is 51.8 Å². The van der Waals surface area contributed by atoms with Crippen molar-refractivity contribution in [3.63, 3.8) is 0 Å². The third-order valence-corrected chi connectivity index (χ3v) is 12.1. The molecule has 15 atom stereocenters. The topological polar surface area (TPSA) is 639 Å². The highest BCUT2D eigenvalue weighted by atomic mass is 32.1. The smallest absolute Gasteiger partial charge is 0.327 e. The number of carbonyl (C=O) groups excluding carboxylic acids is 6. The summed E-state index contributed by atoms with van der Waals surface area (Å²) in [4.78, 5) is 144. The van der Waals surface area contributed by atoms with Gasteiger partial charge in [-0.3, -0.25) is 43.3 Å². The Kier molecular flexibility index (Phi) is 26.7. The number of aliphatic hydroxyl groups excluding tert-OH is 12. The van der Waals surface area contributed by atoms with Crippen LogP contribution in [0.3, 0.4) is 0 Å². The second-order valence-corrected chi connectivity index (χ2v) is 18.1. The van der Waals surface area contributed by atoms with E-state index in [2.05, 4.69) is 43.2 Å². The second-order valence-electron chi connectivity index (χ2n) is 17.8. The van der Waals surface area contributed by atoms with E-state index < -0.39 is 195 Å². The van der Waals surface area contributed by atoms with Crippen molar-refractivity contribution in [2.24, 2.45) is 0 Å². The Morgan fingerprint density at radius 3 is 1.51 bits per heavy atom. The number of benzene rings is 1. The minimum atomic E-state index is -2.87. The van der Waals surface area contributed by atoms with Crippen molar-refractivity contribution < 1.29 is 120 Å². The number of aliphatic hydroxyl groups is 12. The summed E-state index contributed by atoms with van der Waals surface area (Å²) in [5.74, 6) is -16.0. The number of carboxylic acids is 3. The lowest BCUT2D eigenvalue weighted by Gasteiger charge is -2.33. The number of carbonyl (C=O) groups is 9. The molecule has 38 heteroatoms. The summed E-state index contributed by atoms with van der Waals surface area (Å²) in [5.41, 5.74) is 5.43.